The molecule has 10 nitrogen and oxygen atoms in total. The highest BCUT2D eigenvalue weighted by atomic mass is 32.2. The van der Waals surface area contributed by atoms with Crippen molar-refractivity contribution in [3.63, 3.8) is 0 Å². The Kier molecular flexibility index (Phi) is 8.59. The Morgan fingerprint density at radius 3 is 2.37 bits per heavy atom. The molecule has 1 aliphatic rings. The van der Waals surface area contributed by atoms with Crippen LogP contribution in [0.3, 0.4) is 0 Å². The third kappa shape index (κ3) is 5.79. The zero-order valence-corrected chi connectivity index (χ0v) is 27.7. The van der Waals surface area contributed by atoms with Crippen molar-refractivity contribution < 1.29 is 27.1 Å². The first-order valence-electron chi connectivity index (χ1n) is 14.8. The number of carbonyl (C=O) groups is 1. The first kappa shape index (κ1) is 32.5. The summed E-state index contributed by atoms with van der Waals surface area (Å²) in [7, 11) is -0.279. The van der Waals surface area contributed by atoms with Crippen LogP contribution in [0.4, 0.5) is 5.69 Å². The fourth-order valence-corrected chi connectivity index (χ4v) is 6.38. The summed E-state index contributed by atoms with van der Waals surface area (Å²) < 4.78 is 39.9. The first-order chi connectivity index (χ1) is 21.7. The standard InChI is InChI=1S/C28H29N4O3.C7H8O3S/c1-7-35-27(34)18-12-14-23-21(16-18)28(3,4)24(30(23)5)15-13-19-17(2)29-32-25(19)31(6)22-11-9-8-10-20(22)26(32)33;1-6-2-4-7(5-3-6)11(8,9)10/h8-16H,7H2,1-6H3;2-5H,1H3,(H,8,9,10)/q+1;/p-1. The minimum Gasteiger partial charge on any atom is -0.744 e. The molecule has 0 atom stereocenters. The molecule has 5 aromatic rings. The van der Waals surface area contributed by atoms with Crippen LogP contribution < -0.4 is 20.2 Å². The number of anilines is 1. The number of fused-ring (bicyclic) bond motifs is 3. The topological polar surface area (TPSA) is 125 Å². The van der Waals surface area contributed by atoms with Crippen LogP contribution in [0.2, 0.25) is 0 Å². The van der Waals surface area contributed by atoms with Gasteiger partial charge in [-0.05, 0) is 81.0 Å². The van der Waals surface area contributed by atoms with Crippen molar-refractivity contribution in [2.75, 3.05) is 18.6 Å². The van der Waals surface area contributed by atoms with Crippen molar-refractivity contribution in [1.29, 1.82) is 0 Å². The Hall–Kier alpha value is -4.87. The number of esters is 1. The van der Waals surface area contributed by atoms with Gasteiger partial charge in [0.15, 0.2) is 0 Å². The lowest BCUT2D eigenvalue weighted by Gasteiger charge is -2.23. The van der Waals surface area contributed by atoms with E-state index in [1.165, 1.54) is 16.6 Å². The van der Waals surface area contributed by atoms with E-state index in [9.17, 15) is 22.6 Å². The van der Waals surface area contributed by atoms with Crippen molar-refractivity contribution in [2.45, 2.75) is 44.9 Å². The van der Waals surface area contributed by atoms with Gasteiger partial charge in [0.1, 0.15) is 21.0 Å². The van der Waals surface area contributed by atoms with Gasteiger partial charge in [-0.15, -0.1) is 0 Å². The molecule has 3 heterocycles. The number of benzene rings is 3. The molecular weight excluding hydrogens is 604 g/mol. The van der Waals surface area contributed by atoms with E-state index in [1.807, 2.05) is 81.1 Å². The van der Waals surface area contributed by atoms with Crippen LogP contribution in [0.15, 0.2) is 88.2 Å². The fourth-order valence-electron chi connectivity index (χ4n) is 5.91. The number of aryl methyl sites for hydroxylation is 3. The second-order valence-corrected chi connectivity index (χ2v) is 13.1. The number of hydrogen-bond donors (Lipinski definition) is 0. The summed E-state index contributed by atoms with van der Waals surface area (Å²) in [5, 5.41) is 6.11. The van der Waals surface area contributed by atoms with Gasteiger partial charge in [0.25, 0.3) is 0 Å². The van der Waals surface area contributed by atoms with Crippen molar-refractivity contribution >= 4 is 44.4 Å². The van der Waals surface area contributed by atoms with E-state index in [2.05, 4.69) is 29.9 Å². The number of aromatic nitrogens is 3. The van der Waals surface area contributed by atoms with E-state index in [0.29, 0.717) is 17.6 Å². The number of para-hydroxylation sites is 1. The van der Waals surface area contributed by atoms with Gasteiger partial charge >= 0.3 is 17.2 Å². The molecule has 0 N–H and O–H groups in total. The summed E-state index contributed by atoms with van der Waals surface area (Å²) in [5.41, 5.74) is 6.63. The van der Waals surface area contributed by atoms with Crippen LogP contribution in [0.1, 0.15) is 48.0 Å². The van der Waals surface area contributed by atoms with Gasteiger partial charge in [0.05, 0.1) is 35.0 Å². The zero-order valence-electron chi connectivity index (χ0n) is 26.9. The van der Waals surface area contributed by atoms with Crippen LogP contribution in [0.5, 0.6) is 0 Å². The molecule has 0 unspecified atom stereocenters. The third-order valence-electron chi connectivity index (χ3n) is 8.35. The van der Waals surface area contributed by atoms with Crippen LogP contribution in [-0.4, -0.2) is 42.2 Å². The van der Waals surface area contributed by atoms with Gasteiger partial charge in [-0.3, -0.25) is 0 Å². The maximum atomic E-state index is 13.1. The summed E-state index contributed by atoms with van der Waals surface area (Å²) in [6.07, 6.45) is 4.13. The molecule has 3 aromatic carbocycles. The molecule has 0 bridgehead atoms. The molecule has 1 aliphatic heterocycles. The number of carbonyl (C=O) groups excluding carboxylic acids is 1. The van der Waals surface area contributed by atoms with E-state index in [0.717, 1.165) is 44.6 Å². The maximum Gasteiger partial charge on any atom is 0.370 e. The lowest BCUT2D eigenvalue weighted by Crippen LogP contribution is -2.39. The number of allylic oxidation sites excluding steroid dienone is 2. The number of rotatable bonds is 4. The van der Waals surface area contributed by atoms with Gasteiger partial charge in [0.2, 0.25) is 0 Å². The SMILES string of the molecule is CCOC(=O)c1ccc2c(c1)C(C)(C)C(=CC=c1c(C)nn3c(=O)c4ccccc4[n+](C)c13)N2C.Cc1ccc(S(=O)(=O)[O-])cc1. The van der Waals surface area contributed by atoms with Gasteiger partial charge < -0.3 is 14.2 Å². The number of ether oxygens (including phenoxy) is 1. The molecule has 0 saturated heterocycles. The first-order valence-corrected chi connectivity index (χ1v) is 16.2. The van der Waals surface area contributed by atoms with E-state index < -0.39 is 10.1 Å². The highest BCUT2D eigenvalue weighted by Crippen LogP contribution is 2.47. The fraction of sp³-hybridized carbons (Fsp3) is 0.257. The normalized spacial score (nSPS) is 15.3. The summed E-state index contributed by atoms with van der Waals surface area (Å²) in [5.74, 6) is -0.312. The molecule has 0 saturated carbocycles. The van der Waals surface area contributed by atoms with Gasteiger partial charge in [-0.25, -0.2) is 22.6 Å². The molecule has 2 aromatic heterocycles. The Bertz CT molecular complexity index is 2260. The minimum absolute atomic E-state index is 0.124. The smallest absolute Gasteiger partial charge is 0.370 e. The summed E-state index contributed by atoms with van der Waals surface area (Å²) in [6.45, 7) is 10.2. The van der Waals surface area contributed by atoms with Gasteiger partial charge in [-0.2, -0.15) is 0 Å². The Morgan fingerprint density at radius 2 is 1.72 bits per heavy atom. The lowest BCUT2D eigenvalue weighted by atomic mass is 9.83. The van der Waals surface area contributed by atoms with Gasteiger partial charge in [-0.1, -0.05) is 53.3 Å². The monoisotopic (exact) mass is 640 g/mol. The van der Waals surface area contributed by atoms with Crippen molar-refractivity contribution in [2.24, 2.45) is 7.05 Å². The number of nitrogens with zero attached hydrogens (tertiary/aromatic N) is 4. The molecule has 11 heteroatoms. The Morgan fingerprint density at radius 1 is 1.04 bits per heavy atom. The van der Waals surface area contributed by atoms with Crippen LogP contribution in [-0.2, 0) is 27.3 Å². The molecule has 6 rings (SSSR count). The molecule has 0 aliphatic carbocycles. The summed E-state index contributed by atoms with van der Waals surface area (Å²) in [6, 6.07) is 19.1. The Balaban J connectivity index is 0.000000322. The molecule has 0 fully saturated rings. The number of hydrogen-bond acceptors (Lipinski definition) is 8. The summed E-state index contributed by atoms with van der Waals surface area (Å²) in [4.78, 5) is 27.4. The predicted octanol–water partition coefficient (Wildman–Crippen LogP) is 3.87. The third-order valence-corrected chi connectivity index (χ3v) is 9.20. The second kappa shape index (κ2) is 12.1. The molecule has 0 radical (unpaired) electrons. The highest BCUT2D eigenvalue weighted by Gasteiger charge is 2.38. The predicted molar refractivity (Wildman–Crippen MR) is 176 cm³/mol. The quantitative estimate of drug-likeness (QED) is 0.165. The van der Waals surface area contributed by atoms with E-state index >= 15 is 0 Å². The van der Waals surface area contributed by atoms with Crippen molar-refractivity contribution in [3.8, 4) is 0 Å². The summed E-state index contributed by atoms with van der Waals surface area (Å²) >= 11 is 0. The van der Waals surface area contributed by atoms with E-state index in [4.69, 9.17) is 4.74 Å². The van der Waals surface area contributed by atoms with Crippen LogP contribution >= 0.6 is 0 Å². The van der Waals surface area contributed by atoms with E-state index in [1.54, 1.807) is 19.1 Å². The molecule has 0 spiro atoms. The zero-order chi connectivity index (χ0) is 33.6. The largest absolute Gasteiger partial charge is 0.744 e. The second-order valence-electron chi connectivity index (χ2n) is 11.7. The van der Waals surface area contributed by atoms with Crippen molar-refractivity contribution in [1.82, 2.24) is 9.61 Å². The maximum absolute atomic E-state index is 13.1. The molecule has 238 valence electrons. The average Bonchev–Trinajstić information content (AvgIpc) is 3.44. The van der Waals surface area contributed by atoms with Crippen LogP contribution in [0, 0.1) is 13.8 Å². The molecule has 0 amide bonds. The van der Waals surface area contributed by atoms with Gasteiger partial charge in [0, 0.05) is 23.8 Å². The molecular formula is C35H36N4O6S. The van der Waals surface area contributed by atoms with Crippen molar-refractivity contribution in [3.05, 3.63) is 116 Å². The van der Waals surface area contributed by atoms with E-state index in [-0.39, 0.29) is 21.8 Å². The molecule has 46 heavy (non-hydrogen) atoms. The Labute approximate surface area is 267 Å². The highest BCUT2D eigenvalue weighted by molar-refractivity contribution is 7.85. The lowest BCUT2D eigenvalue weighted by molar-refractivity contribution is -0.621. The minimum atomic E-state index is -4.27. The van der Waals surface area contributed by atoms with Crippen LogP contribution in [0.25, 0.3) is 22.6 Å². The average molecular weight is 641 g/mol. The number of likely N-dealkylation sites (N-methyl/N-ethyl adjacent to an activating group) is 1.